The van der Waals surface area contributed by atoms with Gasteiger partial charge in [0.15, 0.2) is 5.96 Å². The summed E-state index contributed by atoms with van der Waals surface area (Å²) in [5, 5.41) is 6.36. The van der Waals surface area contributed by atoms with Crippen LogP contribution in [0.25, 0.3) is 0 Å². The first kappa shape index (κ1) is 14.3. The maximum absolute atomic E-state index is 5.58. The predicted octanol–water partition coefficient (Wildman–Crippen LogP) is 0.615. The minimum atomic E-state index is 0.584. The lowest BCUT2D eigenvalue weighted by Gasteiger charge is -2.10. The second-order valence-corrected chi connectivity index (χ2v) is 4.10. The average molecular weight is 243 g/mol. The zero-order valence-corrected chi connectivity index (χ0v) is 11.0. The van der Waals surface area contributed by atoms with Gasteiger partial charge >= 0.3 is 0 Å². The quantitative estimate of drug-likeness (QED) is 0.391. The Morgan fingerprint density at radius 1 is 1.35 bits per heavy atom. The molecule has 0 amide bonds. The van der Waals surface area contributed by atoms with Crippen LogP contribution in [0.2, 0.25) is 0 Å². The van der Waals surface area contributed by atoms with Crippen LogP contribution in [-0.4, -0.2) is 52.0 Å². The van der Waals surface area contributed by atoms with Crippen molar-refractivity contribution in [2.45, 2.75) is 20.3 Å². The standard InChI is InChI=1S/C12H25N3O2/c1-3-13-12(14-4-2)15-6-8-17-10-11-5-7-16-9-11/h11H,3-10H2,1-2H3,(H2,13,14,15)/t11-/m0/s1. The first-order valence-corrected chi connectivity index (χ1v) is 6.54. The Morgan fingerprint density at radius 2 is 2.12 bits per heavy atom. The summed E-state index contributed by atoms with van der Waals surface area (Å²) in [4.78, 5) is 4.41. The van der Waals surface area contributed by atoms with Gasteiger partial charge in [-0.25, -0.2) is 0 Å². The molecule has 1 saturated heterocycles. The summed E-state index contributed by atoms with van der Waals surface area (Å²) >= 11 is 0. The predicted molar refractivity (Wildman–Crippen MR) is 69.4 cm³/mol. The largest absolute Gasteiger partial charge is 0.381 e. The van der Waals surface area contributed by atoms with Crippen molar-refractivity contribution in [3.8, 4) is 0 Å². The monoisotopic (exact) mass is 243 g/mol. The van der Waals surface area contributed by atoms with Crippen molar-refractivity contribution in [3.63, 3.8) is 0 Å². The van der Waals surface area contributed by atoms with E-state index in [1.807, 2.05) is 0 Å². The van der Waals surface area contributed by atoms with Crippen LogP contribution in [0.3, 0.4) is 0 Å². The normalized spacial score (nSPS) is 19.1. The summed E-state index contributed by atoms with van der Waals surface area (Å²) in [6.45, 7) is 9.79. The van der Waals surface area contributed by atoms with Crippen LogP contribution in [0.15, 0.2) is 4.99 Å². The molecule has 1 atom stereocenters. The van der Waals surface area contributed by atoms with Crippen LogP contribution in [0.1, 0.15) is 20.3 Å². The van der Waals surface area contributed by atoms with Crippen molar-refractivity contribution < 1.29 is 9.47 Å². The van der Waals surface area contributed by atoms with Crippen LogP contribution in [0.5, 0.6) is 0 Å². The third-order valence-electron chi connectivity index (χ3n) is 2.57. The number of rotatable bonds is 7. The molecule has 0 aromatic heterocycles. The summed E-state index contributed by atoms with van der Waals surface area (Å²) in [5.74, 6) is 1.45. The Bertz CT molecular complexity index is 208. The summed E-state index contributed by atoms with van der Waals surface area (Å²) in [6.07, 6.45) is 1.13. The number of aliphatic imine (C=N–C) groups is 1. The van der Waals surface area contributed by atoms with E-state index >= 15 is 0 Å². The zero-order chi connectivity index (χ0) is 12.3. The van der Waals surface area contributed by atoms with Crippen LogP contribution in [-0.2, 0) is 9.47 Å². The highest BCUT2D eigenvalue weighted by Crippen LogP contribution is 2.11. The van der Waals surface area contributed by atoms with Gasteiger partial charge < -0.3 is 20.1 Å². The first-order chi connectivity index (χ1) is 8.36. The molecule has 0 aliphatic carbocycles. The summed E-state index contributed by atoms with van der Waals surface area (Å²) in [5.41, 5.74) is 0. The van der Waals surface area contributed by atoms with Gasteiger partial charge in [0, 0.05) is 25.6 Å². The molecular weight excluding hydrogens is 218 g/mol. The van der Waals surface area contributed by atoms with E-state index in [1.165, 1.54) is 0 Å². The Hall–Kier alpha value is -0.810. The molecule has 1 fully saturated rings. The smallest absolute Gasteiger partial charge is 0.191 e. The third kappa shape index (κ3) is 6.48. The molecule has 17 heavy (non-hydrogen) atoms. The summed E-state index contributed by atoms with van der Waals surface area (Å²) < 4.78 is 10.9. The molecule has 5 heteroatoms. The van der Waals surface area contributed by atoms with Gasteiger partial charge in [0.25, 0.3) is 0 Å². The third-order valence-corrected chi connectivity index (χ3v) is 2.57. The van der Waals surface area contributed by atoms with Gasteiger partial charge in [0.2, 0.25) is 0 Å². The lowest BCUT2D eigenvalue weighted by molar-refractivity contribution is 0.0950. The van der Waals surface area contributed by atoms with Gasteiger partial charge in [-0.05, 0) is 20.3 Å². The van der Waals surface area contributed by atoms with Crippen molar-refractivity contribution in [3.05, 3.63) is 0 Å². The van der Waals surface area contributed by atoms with E-state index in [0.717, 1.165) is 45.3 Å². The van der Waals surface area contributed by atoms with Crippen molar-refractivity contribution in [1.82, 2.24) is 10.6 Å². The highest BCUT2D eigenvalue weighted by atomic mass is 16.5. The van der Waals surface area contributed by atoms with Crippen LogP contribution >= 0.6 is 0 Å². The van der Waals surface area contributed by atoms with E-state index in [9.17, 15) is 0 Å². The maximum atomic E-state index is 5.58. The Balaban J connectivity index is 2.05. The first-order valence-electron chi connectivity index (χ1n) is 6.54. The molecular formula is C12H25N3O2. The topological polar surface area (TPSA) is 54.9 Å². The van der Waals surface area contributed by atoms with Gasteiger partial charge in [-0.1, -0.05) is 0 Å². The Morgan fingerprint density at radius 3 is 2.71 bits per heavy atom. The van der Waals surface area contributed by atoms with E-state index in [0.29, 0.717) is 19.1 Å². The fourth-order valence-electron chi connectivity index (χ4n) is 1.70. The van der Waals surface area contributed by atoms with E-state index in [1.54, 1.807) is 0 Å². The summed E-state index contributed by atoms with van der Waals surface area (Å²) in [7, 11) is 0. The summed E-state index contributed by atoms with van der Waals surface area (Å²) in [6, 6.07) is 0. The van der Waals surface area contributed by atoms with Gasteiger partial charge in [0.05, 0.1) is 26.4 Å². The van der Waals surface area contributed by atoms with Crippen molar-refractivity contribution in [2.75, 3.05) is 46.1 Å². The molecule has 0 saturated carbocycles. The molecule has 0 aromatic rings. The highest BCUT2D eigenvalue weighted by Gasteiger charge is 2.14. The minimum Gasteiger partial charge on any atom is -0.381 e. The van der Waals surface area contributed by atoms with Crippen molar-refractivity contribution >= 4 is 5.96 Å². The molecule has 0 spiro atoms. The lowest BCUT2D eigenvalue weighted by Crippen LogP contribution is -2.37. The second-order valence-electron chi connectivity index (χ2n) is 4.10. The molecule has 0 radical (unpaired) electrons. The number of hydrogen-bond donors (Lipinski definition) is 2. The molecule has 1 heterocycles. The van der Waals surface area contributed by atoms with E-state index in [4.69, 9.17) is 9.47 Å². The molecule has 0 bridgehead atoms. The molecule has 2 N–H and O–H groups in total. The molecule has 5 nitrogen and oxygen atoms in total. The van der Waals surface area contributed by atoms with Crippen molar-refractivity contribution in [2.24, 2.45) is 10.9 Å². The second kappa shape index (κ2) is 9.24. The number of guanidine groups is 1. The van der Waals surface area contributed by atoms with Gasteiger partial charge in [-0.15, -0.1) is 0 Å². The molecule has 1 rings (SSSR count). The van der Waals surface area contributed by atoms with Gasteiger partial charge in [0.1, 0.15) is 0 Å². The Kier molecular flexibility index (Phi) is 7.75. The van der Waals surface area contributed by atoms with E-state index in [-0.39, 0.29) is 0 Å². The molecule has 0 aromatic carbocycles. The number of hydrogen-bond acceptors (Lipinski definition) is 3. The number of nitrogens with zero attached hydrogens (tertiary/aromatic N) is 1. The lowest BCUT2D eigenvalue weighted by atomic mass is 10.1. The van der Waals surface area contributed by atoms with Crippen molar-refractivity contribution in [1.29, 1.82) is 0 Å². The molecule has 1 aliphatic heterocycles. The van der Waals surface area contributed by atoms with Gasteiger partial charge in [-0.2, -0.15) is 0 Å². The SMILES string of the molecule is CCNC(=NCCOC[C@H]1CCOC1)NCC. The highest BCUT2D eigenvalue weighted by molar-refractivity contribution is 5.79. The molecule has 100 valence electrons. The Labute approximate surface area is 104 Å². The van der Waals surface area contributed by atoms with Crippen LogP contribution < -0.4 is 10.6 Å². The fraction of sp³-hybridized carbons (Fsp3) is 0.917. The maximum Gasteiger partial charge on any atom is 0.191 e. The fourth-order valence-corrected chi connectivity index (χ4v) is 1.70. The van der Waals surface area contributed by atoms with Gasteiger partial charge in [-0.3, -0.25) is 4.99 Å². The zero-order valence-electron chi connectivity index (χ0n) is 11.0. The number of nitrogens with one attached hydrogen (secondary N) is 2. The van der Waals surface area contributed by atoms with Crippen LogP contribution in [0.4, 0.5) is 0 Å². The minimum absolute atomic E-state index is 0.584. The van der Waals surface area contributed by atoms with Crippen LogP contribution in [0, 0.1) is 5.92 Å². The molecule has 0 unspecified atom stereocenters. The molecule has 1 aliphatic rings. The van der Waals surface area contributed by atoms with E-state index < -0.39 is 0 Å². The van der Waals surface area contributed by atoms with E-state index in [2.05, 4.69) is 29.5 Å². The average Bonchev–Trinajstić information content (AvgIpc) is 2.82. The number of ether oxygens (including phenoxy) is 2.